The molecule has 0 radical (unpaired) electrons. The molecule has 0 aliphatic rings. The lowest BCUT2D eigenvalue weighted by atomic mass is 10.2. The third-order valence-electron chi connectivity index (χ3n) is 2.73. The summed E-state index contributed by atoms with van der Waals surface area (Å²) in [5, 5.41) is 0.634. The van der Waals surface area contributed by atoms with Crippen LogP contribution in [0.15, 0.2) is 54.6 Å². The minimum Gasteiger partial charge on any atom is -0.270 e. The van der Waals surface area contributed by atoms with Crippen molar-refractivity contribution in [3.05, 3.63) is 70.7 Å². The molecular weight excluding hydrogens is 296 g/mol. The lowest BCUT2D eigenvalue weighted by Gasteiger charge is -2.06. The normalized spacial score (nSPS) is 11.4. The molecule has 2 aromatic rings. The minimum atomic E-state index is -3.55. The van der Waals surface area contributed by atoms with Crippen LogP contribution in [-0.2, 0) is 26.5 Å². The van der Waals surface area contributed by atoms with Crippen LogP contribution in [0, 0.1) is 0 Å². The molecular formula is C15H15ClO3S. The maximum atomic E-state index is 11.8. The highest BCUT2D eigenvalue weighted by atomic mass is 35.5. The van der Waals surface area contributed by atoms with Crippen molar-refractivity contribution in [3.63, 3.8) is 0 Å². The first-order valence-corrected chi connectivity index (χ1v) is 8.16. The van der Waals surface area contributed by atoms with Crippen LogP contribution < -0.4 is 0 Å². The van der Waals surface area contributed by atoms with E-state index in [1.165, 1.54) is 0 Å². The molecule has 0 fully saturated rings. The van der Waals surface area contributed by atoms with Gasteiger partial charge in [0, 0.05) is 5.02 Å². The van der Waals surface area contributed by atoms with Gasteiger partial charge in [0.15, 0.2) is 0 Å². The van der Waals surface area contributed by atoms with Crippen LogP contribution in [-0.4, -0.2) is 15.0 Å². The highest BCUT2D eigenvalue weighted by molar-refractivity contribution is 7.85. The van der Waals surface area contributed by atoms with Crippen LogP contribution in [0.5, 0.6) is 0 Å². The Hall–Kier alpha value is -1.36. The van der Waals surface area contributed by atoms with Crippen molar-refractivity contribution in [2.24, 2.45) is 0 Å². The fourth-order valence-corrected chi connectivity index (χ4v) is 3.03. The number of halogens is 1. The van der Waals surface area contributed by atoms with Crippen LogP contribution in [0.3, 0.4) is 0 Å². The second-order valence-corrected chi connectivity index (χ2v) is 6.47. The van der Waals surface area contributed by atoms with Crippen LogP contribution in [0.4, 0.5) is 0 Å². The zero-order valence-electron chi connectivity index (χ0n) is 10.8. The Kier molecular flexibility index (Phi) is 5.17. The molecule has 0 atom stereocenters. The molecule has 0 amide bonds. The molecule has 20 heavy (non-hydrogen) atoms. The molecule has 0 aliphatic heterocycles. The third-order valence-corrected chi connectivity index (χ3v) is 4.18. The lowest BCUT2D eigenvalue weighted by Crippen LogP contribution is -2.11. The van der Waals surface area contributed by atoms with Crippen molar-refractivity contribution < 1.29 is 12.6 Å². The van der Waals surface area contributed by atoms with E-state index < -0.39 is 10.1 Å². The molecule has 0 saturated carbocycles. The number of benzene rings is 2. The Morgan fingerprint density at radius 2 is 1.65 bits per heavy atom. The van der Waals surface area contributed by atoms with E-state index in [1.807, 2.05) is 18.2 Å². The first-order chi connectivity index (χ1) is 9.55. The molecule has 5 heteroatoms. The van der Waals surface area contributed by atoms with Crippen molar-refractivity contribution in [2.45, 2.75) is 12.2 Å². The predicted octanol–water partition coefficient (Wildman–Crippen LogP) is 3.43. The van der Waals surface area contributed by atoms with E-state index in [-0.39, 0.29) is 12.4 Å². The summed E-state index contributed by atoms with van der Waals surface area (Å²) in [6, 6.07) is 16.3. The molecule has 106 valence electrons. The van der Waals surface area contributed by atoms with Crippen molar-refractivity contribution in [1.82, 2.24) is 0 Å². The van der Waals surface area contributed by atoms with Crippen LogP contribution in [0.2, 0.25) is 5.02 Å². The Morgan fingerprint density at radius 1 is 0.950 bits per heavy atom. The van der Waals surface area contributed by atoms with Gasteiger partial charge in [0.1, 0.15) is 5.75 Å². The zero-order valence-corrected chi connectivity index (χ0v) is 12.4. The summed E-state index contributed by atoms with van der Waals surface area (Å²) >= 11 is 5.86. The van der Waals surface area contributed by atoms with E-state index >= 15 is 0 Å². The highest BCUT2D eigenvalue weighted by Gasteiger charge is 2.12. The van der Waals surface area contributed by atoms with Crippen molar-refractivity contribution >= 4 is 21.7 Å². The minimum absolute atomic E-state index is 0.108. The molecule has 0 N–H and O–H groups in total. The summed E-state index contributed by atoms with van der Waals surface area (Å²) in [7, 11) is -3.55. The van der Waals surface area contributed by atoms with Crippen molar-refractivity contribution in [3.8, 4) is 0 Å². The summed E-state index contributed by atoms with van der Waals surface area (Å²) in [5.74, 6) is -0.108. The summed E-state index contributed by atoms with van der Waals surface area (Å²) in [6.45, 7) is 0.121. The molecule has 2 aromatic carbocycles. The Balaban J connectivity index is 1.87. The van der Waals surface area contributed by atoms with Crippen molar-refractivity contribution in [2.75, 3.05) is 6.61 Å². The van der Waals surface area contributed by atoms with Gasteiger partial charge in [-0.05, 0) is 29.7 Å². The van der Waals surface area contributed by atoms with Gasteiger partial charge in [-0.2, -0.15) is 8.42 Å². The summed E-state index contributed by atoms with van der Waals surface area (Å²) in [4.78, 5) is 0. The second-order valence-electron chi connectivity index (χ2n) is 4.39. The standard InChI is InChI=1S/C15H15ClO3S/c16-15-8-4-7-13(11-15)9-10-19-20(17,18)12-14-5-2-1-3-6-14/h1-8,11H,9-10,12H2. The summed E-state index contributed by atoms with van der Waals surface area (Å²) in [6.07, 6.45) is 0.509. The zero-order chi connectivity index (χ0) is 14.4. The smallest absolute Gasteiger partial charge is 0.270 e. The third kappa shape index (κ3) is 4.96. The Labute approximate surface area is 124 Å². The Morgan fingerprint density at radius 3 is 2.35 bits per heavy atom. The number of rotatable bonds is 6. The molecule has 0 aromatic heterocycles. The Bertz CT molecular complexity index is 654. The highest BCUT2D eigenvalue weighted by Crippen LogP contribution is 2.12. The quantitative estimate of drug-likeness (QED) is 0.768. The van der Waals surface area contributed by atoms with Gasteiger partial charge in [-0.1, -0.05) is 54.1 Å². The summed E-state index contributed by atoms with van der Waals surface area (Å²) in [5.41, 5.74) is 1.67. The van der Waals surface area contributed by atoms with E-state index in [0.29, 0.717) is 11.4 Å². The molecule has 2 rings (SSSR count). The van der Waals surface area contributed by atoms with Gasteiger partial charge < -0.3 is 0 Å². The van der Waals surface area contributed by atoms with E-state index in [9.17, 15) is 8.42 Å². The number of hydrogen-bond acceptors (Lipinski definition) is 3. The average molecular weight is 311 g/mol. The fourth-order valence-electron chi connectivity index (χ4n) is 1.80. The van der Waals surface area contributed by atoms with Gasteiger partial charge in [0.2, 0.25) is 0 Å². The fraction of sp³-hybridized carbons (Fsp3) is 0.200. The topological polar surface area (TPSA) is 43.4 Å². The average Bonchev–Trinajstić information content (AvgIpc) is 2.39. The first-order valence-electron chi connectivity index (χ1n) is 6.21. The first kappa shape index (κ1) is 15.0. The molecule has 0 spiro atoms. The van der Waals surface area contributed by atoms with Gasteiger partial charge in [0.25, 0.3) is 10.1 Å². The van der Waals surface area contributed by atoms with E-state index in [4.69, 9.17) is 15.8 Å². The van der Waals surface area contributed by atoms with Crippen LogP contribution >= 0.6 is 11.6 Å². The maximum Gasteiger partial charge on any atom is 0.271 e. The number of hydrogen-bond donors (Lipinski definition) is 0. The van der Waals surface area contributed by atoms with E-state index in [2.05, 4.69) is 0 Å². The SMILES string of the molecule is O=S(=O)(Cc1ccccc1)OCCc1cccc(Cl)c1. The maximum absolute atomic E-state index is 11.8. The predicted molar refractivity (Wildman–Crippen MR) is 80.2 cm³/mol. The second kappa shape index (κ2) is 6.88. The molecule has 0 unspecified atom stereocenters. The molecule has 0 bridgehead atoms. The van der Waals surface area contributed by atoms with Gasteiger partial charge in [-0.25, -0.2) is 0 Å². The largest absolute Gasteiger partial charge is 0.271 e. The van der Waals surface area contributed by atoms with Gasteiger partial charge in [-0.3, -0.25) is 4.18 Å². The monoisotopic (exact) mass is 310 g/mol. The van der Waals surface area contributed by atoms with Crippen LogP contribution in [0.1, 0.15) is 11.1 Å². The van der Waals surface area contributed by atoms with Crippen molar-refractivity contribution in [1.29, 1.82) is 0 Å². The molecule has 3 nitrogen and oxygen atoms in total. The van der Waals surface area contributed by atoms with Gasteiger partial charge in [0.05, 0.1) is 6.61 Å². The van der Waals surface area contributed by atoms with Gasteiger partial charge in [-0.15, -0.1) is 0 Å². The lowest BCUT2D eigenvalue weighted by molar-refractivity contribution is 0.321. The summed E-state index contributed by atoms with van der Waals surface area (Å²) < 4.78 is 28.6. The molecule has 0 heterocycles. The van der Waals surface area contributed by atoms with Gasteiger partial charge >= 0.3 is 0 Å². The van der Waals surface area contributed by atoms with E-state index in [1.54, 1.807) is 36.4 Å². The molecule has 0 aliphatic carbocycles. The molecule has 0 saturated heterocycles. The van der Waals surface area contributed by atoms with E-state index in [0.717, 1.165) is 11.1 Å². The van der Waals surface area contributed by atoms with Crippen LogP contribution in [0.25, 0.3) is 0 Å².